The molecule has 2 amide bonds. The van der Waals surface area contributed by atoms with Crippen molar-refractivity contribution in [2.45, 2.75) is 17.7 Å². The average Bonchev–Trinajstić information content (AvgIpc) is 3.25. The first-order chi connectivity index (χ1) is 15.1. The fourth-order valence-corrected chi connectivity index (χ4v) is 4.60. The number of hydrogen-bond acceptors (Lipinski definition) is 6. The van der Waals surface area contributed by atoms with E-state index in [-0.39, 0.29) is 17.6 Å². The van der Waals surface area contributed by atoms with Crippen molar-refractivity contribution in [1.29, 1.82) is 0 Å². The van der Waals surface area contributed by atoms with Crippen LogP contribution in [0.3, 0.4) is 0 Å². The van der Waals surface area contributed by atoms with Gasteiger partial charge >= 0.3 is 0 Å². The topological polar surface area (TPSA) is 84.0 Å². The Hall–Kier alpha value is -3.23. The van der Waals surface area contributed by atoms with Crippen LogP contribution in [-0.4, -0.2) is 27.8 Å². The molecule has 0 saturated heterocycles. The number of anilines is 2. The lowest BCUT2D eigenvalue weighted by molar-refractivity contribution is -0.113. The predicted molar refractivity (Wildman–Crippen MR) is 127 cm³/mol. The van der Waals surface area contributed by atoms with Gasteiger partial charge < -0.3 is 5.32 Å². The molecule has 0 aliphatic heterocycles. The monoisotopic (exact) mass is 448 g/mol. The predicted octanol–water partition coefficient (Wildman–Crippen LogP) is 5.24. The van der Waals surface area contributed by atoms with Crippen LogP contribution in [0.1, 0.15) is 22.8 Å². The molecule has 0 bridgehead atoms. The van der Waals surface area contributed by atoms with Crippen LogP contribution in [0.5, 0.6) is 0 Å². The van der Waals surface area contributed by atoms with Gasteiger partial charge in [0.05, 0.1) is 5.75 Å². The maximum Gasteiger partial charge on any atom is 0.258 e. The molecule has 8 heteroatoms. The number of aryl methyl sites for hydroxylation is 1. The number of nitrogens with one attached hydrogen (secondary N) is 2. The van der Waals surface area contributed by atoms with Crippen molar-refractivity contribution in [3.63, 3.8) is 0 Å². The molecule has 4 rings (SSSR count). The zero-order valence-corrected chi connectivity index (χ0v) is 18.4. The summed E-state index contributed by atoms with van der Waals surface area (Å²) in [6, 6.07) is 21.1. The first kappa shape index (κ1) is 21.0. The molecule has 31 heavy (non-hydrogen) atoms. The number of fused-ring (bicyclic) bond motifs is 1. The van der Waals surface area contributed by atoms with E-state index in [0.717, 1.165) is 22.9 Å². The lowest BCUT2D eigenvalue weighted by Gasteiger charge is -2.05. The van der Waals surface area contributed by atoms with Crippen LogP contribution in [0.25, 0.3) is 10.8 Å². The van der Waals surface area contributed by atoms with Crippen molar-refractivity contribution in [3.05, 3.63) is 77.9 Å². The van der Waals surface area contributed by atoms with Gasteiger partial charge in [-0.3, -0.25) is 14.9 Å². The molecular formula is C23H20N4O2S2. The van der Waals surface area contributed by atoms with Crippen molar-refractivity contribution in [2.24, 2.45) is 0 Å². The van der Waals surface area contributed by atoms with E-state index in [4.69, 9.17) is 0 Å². The van der Waals surface area contributed by atoms with Crippen molar-refractivity contribution in [2.75, 3.05) is 16.4 Å². The number of aromatic nitrogens is 2. The van der Waals surface area contributed by atoms with E-state index in [1.165, 1.54) is 28.7 Å². The smallest absolute Gasteiger partial charge is 0.258 e. The molecule has 0 saturated carbocycles. The largest absolute Gasteiger partial charge is 0.325 e. The number of thioether (sulfide) groups is 1. The SMILES string of the molecule is CCc1ccc(NC(=O)CSc2nnc(NC(=O)c3cccc4ccccc34)s2)cc1. The standard InChI is InChI=1S/C23H20N4O2S2/c1-2-15-10-12-17(13-11-15)24-20(28)14-30-23-27-26-22(31-23)25-21(29)19-9-5-7-16-6-3-4-8-18(16)19/h3-13H,2,14H2,1H3,(H,24,28)(H,25,26,29). The first-order valence-corrected chi connectivity index (χ1v) is 11.6. The Morgan fingerprint density at radius 3 is 2.52 bits per heavy atom. The number of rotatable bonds is 7. The van der Waals surface area contributed by atoms with Crippen LogP contribution < -0.4 is 10.6 Å². The molecule has 4 aromatic rings. The highest BCUT2D eigenvalue weighted by Crippen LogP contribution is 2.27. The number of amides is 2. The highest BCUT2D eigenvalue weighted by Gasteiger charge is 2.14. The summed E-state index contributed by atoms with van der Waals surface area (Å²) in [5.41, 5.74) is 2.57. The number of hydrogen-bond donors (Lipinski definition) is 2. The summed E-state index contributed by atoms with van der Waals surface area (Å²) in [5.74, 6) is -0.148. The van der Waals surface area contributed by atoms with Crippen molar-refractivity contribution < 1.29 is 9.59 Å². The second-order valence-corrected chi connectivity index (χ2v) is 8.94. The van der Waals surface area contributed by atoms with Gasteiger partial charge in [0.25, 0.3) is 5.91 Å². The molecule has 0 aliphatic carbocycles. The highest BCUT2D eigenvalue weighted by atomic mass is 32.2. The molecule has 0 radical (unpaired) electrons. The van der Waals surface area contributed by atoms with Crippen LogP contribution in [0, 0.1) is 0 Å². The molecule has 1 aromatic heterocycles. The molecule has 1 heterocycles. The molecule has 0 atom stereocenters. The molecule has 2 N–H and O–H groups in total. The van der Waals surface area contributed by atoms with Crippen LogP contribution in [0.15, 0.2) is 71.1 Å². The first-order valence-electron chi connectivity index (χ1n) is 9.76. The molecule has 0 aliphatic rings. The Bertz CT molecular complexity index is 1220. The Morgan fingerprint density at radius 2 is 1.71 bits per heavy atom. The van der Waals surface area contributed by atoms with Gasteiger partial charge in [0.15, 0.2) is 4.34 Å². The number of nitrogens with zero attached hydrogens (tertiary/aromatic N) is 2. The molecule has 156 valence electrons. The number of carbonyl (C=O) groups is 2. The van der Waals surface area contributed by atoms with Crippen molar-refractivity contribution in [3.8, 4) is 0 Å². The van der Waals surface area contributed by atoms with Gasteiger partial charge in [-0.15, -0.1) is 10.2 Å². The molecule has 0 fully saturated rings. The molecular weight excluding hydrogens is 428 g/mol. The summed E-state index contributed by atoms with van der Waals surface area (Å²) in [6.07, 6.45) is 0.959. The number of benzene rings is 3. The maximum atomic E-state index is 12.7. The van der Waals surface area contributed by atoms with Gasteiger partial charge in [0.1, 0.15) is 0 Å². The lowest BCUT2D eigenvalue weighted by Crippen LogP contribution is -2.13. The zero-order chi connectivity index (χ0) is 21.6. The van der Waals surface area contributed by atoms with Crippen LogP contribution >= 0.6 is 23.1 Å². The third-order valence-corrected chi connectivity index (χ3v) is 6.61. The van der Waals surface area contributed by atoms with Gasteiger partial charge in [-0.1, -0.05) is 78.6 Å². The van der Waals surface area contributed by atoms with E-state index in [2.05, 4.69) is 27.8 Å². The molecule has 3 aromatic carbocycles. The normalized spacial score (nSPS) is 10.7. The fourth-order valence-electron chi connectivity index (χ4n) is 3.05. The van der Waals surface area contributed by atoms with Gasteiger partial charge in [-0.05, 0) is 41.0 Å². The minimum Gasteiger partial charge on any atom is -0.325 e. The summed E-state index contributed by atoms with van der Waals surface area (Å²) >= 11 is 2.53. The molecule has 0 spiro atoms. The van der Waals surface area contributed by atoms with E-state index in [0.29, 0.717) is 15.0 Å². The van der Waals surface area contributed by atoms with E-state index in [1.807, 2.05) is 60.7 Å². The quantitative estimate of drug-likeness (QED) is 0.298. The van der Waals surface area contributed by atoms with Crippen LogP contribution in [0.4, 0.5) is 10.8 Å². The Balaban J connectivity index is 1.33. The minimum absolute atomic E-state index is 0.120. The Morgan fingerprint density at radius 1 is 0.935 bits per heavy atom. The lowest BCUT2D eigenvalue weighted by atomic mass is 10.0. The number of carbonyl (C=O) groups excluding carboxylic acids is 2. The Labute approximate surface area is 188 Å². The molecule has 6 nitrogen and oxygen atoms in total. The second-order valence-electron chi connectivity index (χ2n) is 6.74. The summed E-state index contributed by atoms with van der Waals surface area (Å²) in [4.78, 5) is 24.9. The van der Waals surface area contributed by atoms with Crippen LogP contribution in [0.2, 0.25) is 0 Å². The fraction of sp³-hybridized carbons (Fsp3) is 0.130. The van der Waals surface area contributed by atoms with Crippen molar-refractivity contribution >= 4 is 56.5 Å². The van der Waals surface area contributed by atoms with Gasteiger partial charge in [0.2, 0.25) is 11.0 Å². The second kappa shape index (κ2) is 9.72. The van der Waals surface area contributed by atoms with E-state index in [1.54, 1.807) is 6.07 Å². The van der Waals surface area contributed by atoms with Gasteiger partial charge in [-0.2, -0.15) is 0 Å². The average molecular weight is 449 g/mol. The summed E-state index contributed by atoms with van der Waals surface area (Å²) in [5, 5.41) is 16.0. The van der Waals surface area contributed by atoms with Gasteiger partial charge in [-0.25, -0.2) is 0 Å². The maximum absolute atomic E-state index is 12.7. The molecule has 0 unspecified atom stereocenters. The Kier molecular flexibility index (Phi) is 6.59. The zero-order valence-electron chi connectivity index (χ0n) is 16.8. The summed E-state index contributed by atoms with van der Waals surface area (Å²) in [7, 11) is 0. The van der Waals surface area contributed by atoms with Gasteiger partial charge in [0, 0.05) is 11.3 Å². The van der Waals surface area contributed by atoms with E-state index in [9.17, 15) is 9.59 Å². The third-order valence-electron chi connectivity index (χ3n) is 4.63. The van der Waals surface area contributed by atoms with E-state index < -0.39 is 0 Å². The van der Waals surface area contributed by atoms with E-state index >= 15 is 0 Å². The van der Waals surface area contributed by atoms with Crippen molar-refractivity contribution in [1.82, 2.24) is 10.2 Å². The van der Waals surface area contributed by atoms with Crippen LogP contribution in [-0.2, 0) is 11.2 Å². The highest BCUT2D eigenvalue weighted by molar-refractivity contribution is 8.01. The summed E-state index contributed by atoms with van der Waals surface area (Å²) in [6.45, 7) is 2.09. The third kappa shape index (κ3) is 5.28. The minimum atomic E-state index is -0.238. The summed E-state index contributed by atoms with van der Waals surface area (Å²) < 4.78 is 0.615.